The van der Waals surface area contributed by atoms with Crippen molar-refractivity contribution >= 4 is 11.6 Å². The van der Waals surface area contributed by atoms with E-state index in [9.17, 15) is 9.18 Å². The van der Waals surface area contributed by atoms with Crippen molar-refractivity contribution in [3.63, 3.8) is 0 Å². The second-order valence-corrected chi connectivity index (χ2v) is 3.02. The molecule has 0 fully saturated rings. The van der Waals surface area contributed by atoms with Gasteiger partial charge in [0, 0.05) is 6.20 Å². The van der Waals surface area contributed by atoms with Gasteiger partial charge in [-0.2, -0.15) is 0 Å². The van der Waals surface area contributed by atoms with Crippen molar-refractivity contribution in [2.45, 2.75) is 0 Å². The monoisotopic (exact) mass is 204 g/mol. The second kappa shape index (κ2) is 3.96. The van der Waals surface area contributed by atoms with E-state index in [1.165, 1.54) is 12.1 Å². The quantitative estimate of drug-likeness (QED) is 0.775. The highest BCUT2D eigenvalue weighted by atomic mass is 19.1. The number of benzene rings is 1. The van der Waals surface area contributed by atoms with E-state index in [4.69, 9.17) is 0 Å². The van der Waals surface area contributed by atoms with Crippen molar-refractivity contribution in [3.8, 4) is 0 Å². The third kappa shape index (κ3) is 2.04. The number of anilines is 1. The van der Waals surface area contributed by atoms with Gasteiger partial charge in [0.2, 0.25) is 0 Å². The smallest absolute Gasteiger partial charge is 0.272 e. The highest BCUT2D eigenvalue weighted by Gasteiger charge is 2.08. The second-order valence-electron chi connectivity index (χ2n) is 3.02. The van der Waals surface area contributed by atoms with Crippen LogP contribution in [0, 0.1) is 5.82 Å². The summed E-state index contributed by atoms with van der Waals surface area (Å²) in [4.78, 5) is 14.3. The zero-order valence-electron chi connectivity index (χ0n) is 7.83. The summed E-state index contributed by atoms with van der Waals surface area (Å²) in [7, 11) is 0. The molecule has 0 saturated carbocycles. The molecule has 2 rings (SSSR count). The van der Waals surface area contributed by atoms with Gasteiger partial charge in [-0.05, 0) is 24.3 Å². The average Bonchev–Trinajstić information content (AvgIpc) is 2.74. The van der Waals surface area contributed by atoms with Crippen molar-refractivity contribution in [2.75, 3.05) is 5.32 Å². The normalized spacial score (nSPS) is 9.93. The molecule has 0 aliphatic heterocycles. The van der Waals surface area contributed by atoms with Crippen LogP contribution >= 0.6 is 0 Å². The van der Waals surface area contributed by atoms with Crippen molar-refractivity contribution in [2.24, 2.45) is 0 Å². The molecule has 76 valence electrons. The Morgan fingerprint density at radius 1 is 1.20 bits per heavy atom. The SMILES string of the molecule is O=C(Nc1ccccc1F)c1ccc[nH]1. The van der Waals surface area contributed by atoms with Gasteiger partial charge >= 0.3 is 0 Å². The molecule has 0 spiro atoms. The molecule has 4 heteroatoms. The molecule has 1 amide bonds. The number of H-pyrrole nitrogens is 1. The first-order valence-corrected chi connectivity index (χ1v) is 4.46. The zero-order valence-corrected chi connectivity index (χ0v) is 7.83. The molecule has 0 atom stereocenters. The number of hydrogen-bond acceptors (Lipinski definition) is 1. The number of aromatic amines is 1. The molecule has 0 saturated heterocycles. The number of amides is 1. The fourth-order valence-electron chi connectivity index (χ4n) is 1.22. The number of carbonyl (C=O) groups excluding carboxylic acids is 1. The third-order valence-corrected chi connectivity index (χ3v) is 1.96. The first-order chi connectivity index (χ1) is 7.27. The number of aromatic nitrogens is 1. The maximum Gasteiger partial charge on any atom is 0.272 e. The van der Waals surface area contributed by atoms with E-state index >= 15 is 0 Å². The molecule has 0 bridgehead atoms. The lowest BCUT2D eigenvalue weighted by molar-refractivity contribution is 0.102. The Bertz CT molecular complexity index is 465. The minimum Gasteiger partial charge on any atom is -0.357 e. The molecule has 1 aromatic carbocycles. The van der Waals surface area contributed by atoms with Crippen LogP contribution in [0.5, 0.6) is 0 Å². The van der Waals surface area contributed by atoms with Gasteiger partial charge in [0.15, 0.2) is 0 Å². The van der Waals surface area contributed by atoms with E-state index in [0.717, 1.165) is 0 Å². The third-order valence-electron chi connectivity index (χ3n) is 1.96. The highest BCUT2D eigenvalue weighted by Crippen LogP contribution is 2.13. The Labute approximate surface area is 85.9 Å². The minimum atomic E-state index is -0.447. The van der Waals surface area contributed by atoms with Gasteiger partial charge in [-0.15, -0.1) is 0 Å². The van der Waals surface area contributed by atoms with E-state index in [-0.39, 0.29) is 11.6 Å². The lowest BCUT2D eigenvalue weighted by Crippen LogP contribution is -2.13. The van der Waals surface area contributed by atoms with Gasteiger partial charge in [0.1, 0.15) is 11.5 Å². The van der Waals surface area contributed by atoms with E-state index in [0.29, 0.717) is 5.69 Å². The first kappa shape index (κ1) is 9.45. The van der Waals surface area contributed by atoms with Crippen LogP contribution in [0.25, 0.3) is 0 Å². The molecule has 3 nitrogen and oxygen atoms in total. The minimum absolute atomic E-state index is 0.178. The standard InChI is InChI=1S/C11H9FN2O/c12-8-4-1-2-5-9(8)14-11(15)10-6-3-7-13-10/h1-7,13H,(H,14,15). The summed E-state index contributed by atoms with van der Waals surface area (Å²) >= 11 is 0. The first-order valence-electron chi connectivity index (χ1n) is 4.46. The number of hydrogen-bond donors (Lipinski definition) is 2. The van der Waals surface area contributed by atoms with E-state index < -0.39 is 5.82 Å². The van der Waals surface area contributed by atoms with Crippen molar-refractivity contribution in [3.05, 3.63) is 54.1 Å². The van der Waals surface area contributed by atoms with Gasteiger partial charge < -0.3 is 10.3 Å². The summed E-state index contributed by atoms with van der Waals surface area (Å²) in [6.45, 7) is 0. The molecule has 2 aromatic rings. The van der Waals surface area contributed by atoms with Crippen LogP contribution in [0.4, 0.5) is 10.1 Å². The summed E-state index contributed by atoms with van der Waals surface area (Å²) in [5, 5.41) is 2.47. The van der Waals surface area contributed by atoms with Crippen molar-refractivity contribution < 1.29 is 9.18 Å². The summed E-state index contributed by atoms with van der Waals surface area (Å²) in [6, 6.07) is 9.36. The van der Waals surface area contributed by atoms with E-state index in [1.807, 2.05) is 0 Å². The van der Waals surface area contributed by atoms with Crippen molar-refractivity contribution in [1.29, 1.82) is 0 Å². The molecule has 2 N–H and O–H groups in total. The van der Waals surface area contributed by atoms with Gasteiger partial charge in [-0.25, -0.2) is 4.39 Å². The van der Waals surface area contributed by atoms with Crippen LogP contribution < -0.4 is 5.32 Å². The lowest BCUT2D eigenvalue weighted by Gasteiger charge is -2.04. The fourth-order valence-corrected chi connectivity index (χ4v) is 1.22. The fraction of sp³-hybridized carbons (Fsp3) is 0. The van der Waals surface area contributed by atoms with Gasteiger partial charge in [0.05, 0.1) is 5.69 Å². The Morgan fingerprint density at radius 3 is 2.67 bits per heavy atom. The van der Waals surface area contributed by atoms with Crippen LogP contribution in [0.15, 0.2) is 42.6 Å². The average molecular weight is 204 g/mol. The summed E-state index contributed by atoms with van der Waals surface area (Å²) in [6.07, 6.45) is 1.64. The number of rotatable bonds is 2. The Balaban J connectivity index is 2.17. The van der Waals surface area contributed by atoms with Crippen molar-refractivity contribution in [1.82, 2.24) is 4.98 Å². The summed E-state index contributed by atoms with van der Waals surface area (Å²) in [5.74, 6) is -0.803. The molecule has 0 radical (unpaired) electrons. The lowest BCUT2D eigenvalue weighted by atomic mass is 10.3. The largest absolute Gasteiger partial charge is 0.357 e. The molecule has 1 heterocycles. The maximum atomic E-state index is 13.2. The Hall–Kier alpha value is -2.10. The van der Waals surface area contributed by atoms with Crippen LogP contribution in [-0.4, -0.2) is 10.9 Å². The predicted molar refractivity (Wildman–Crippen MR) is 55.1 cm³/mol. The zero-order chi connectivity index (χ0) is 10.7. The molecule has 15 heavy (non-hydrogen) atoms. The Morgan fingerprint density at radius 2 is 2.00 bits per heavy atom. The molecule has 0 unspecified atom stereocenters. The Kier molecular flexibility index (Phi) is 2.49. The van der Waals surface area contributed by atoms with E-state index in [1.54, 1.807) is 30.5 Å². The number of para-hydroxylation sites is 1. The number of nitrogens with one attached hydrogen (secondary N) is 2. The van der Waals surface area contributed by atoms with Gasteiger partial charge in [0.25, 0.3) is 5.91 Å². The highest BCUT2D eigenvalue weighted by molar-refractivity contribution is 6.02. The molecule has 1 aromatic heterocycles. The molecule has 0 aliphatic carbocycles. The van der Waals surface area contributed by atoms with Crippen LogP contribution in [0.2, 0.25) is 0 Å². The molecule has 0 aliphatic rings. The maximum absolute atomic E-state index is 13.2. The molecular weight excluding hydrogens is 195 g/mol. The topological polar surface area (TPSA) is 44.9 Å². The summed E-state index contributed by atoms with van der Waals surface area (Å²) < 4.78 is 13.2. The summed E-state index contributed by atoms with van der Waals surface area (Å²) in [5.41, 5.74) is 0.579. The van der Waals surface area contributed by atoms with Gasteiger partial charge in [-0.1, -0.05) is 12.1 Å². The van der Waals surface area contributed by atoms with Crippen LogP contribution in [-0.2, 0) is 0 Å². The molecular formula is C11H9FN2O. The predicted octanol–water partition coefficient (Wildman–Crippen LogP) is 2.41. The van der Waals surface area contributed by atoms with Crippen LogP contribution in [0.1, 0.15) is 10.5 Å². The number of halogens is 1. The van der Waals surface area contributed by atoms with E-state index in [2.05, 4.69) is 10.3 Å². The van der Waals surface area contributed by atoms with Gasteiger partial charge in [-0.3, -0.25) is 4.79 Å². The van der Waals surface area contributed by atoms with Crippen LogP contribution in [0.3, 0.4) is 0 Å². The number of carbonyl (C=O) groups is 1.